The van der Waals surface area contributed by atoms with E-state index in [0.29, 0.717) is 27.3 Å². The maximum Gasteiger partial charge on any atom is 0.249 e. The van der Waals surface area contributed by atoms with Gasteiger partial charge in [-0.2, -0.15) is 0 Å². The Bertz CT molecular complexity index is 1470. The number of nitrogens with zero attached hydrogens (tertiary/aromatic N) is 4. The highest BCUT2D eigenvalue weighted by Gasteiger charge is 2.35. The molecule has 0 bridgehead atoms. The van der Waals surface area contributed by atoms with E-state index >= 15 is 0 Å². The van der Waals surface area contributed by atoms with E-state index < -0.39 is 6.04 Å². The molecule has 0 saturated heterocycles. The highest BCUT2D eigenvalue weighted by atomic mass is 35.5. The predicted octanol–water partition coefficient (Wildman–Crippen LogP) is 5.02. The molecule has 1 aliphatic rings. The first-order valence-corrected chi connectivity index (χ1v) is 13.4. The summed E-state index contributed by atoms with van der Waals surface area (Å²) in [5.41, 5.74) is 2.28. The first-order valence-electron chi connectivity index (χ1n) is 13.0. The fourth-order valence-electron chi connectivity index (χ4n) is 5.10. The Labute approximate surface area is 231 Å². The summed E-state index contributed by atoms with van der Waals surface area (Å²) >= 11 is 6.17. The minimum atomic E-state index is -1.08. The molecule has 0 radical (unpaired) electrons. The Morgan fingerprint density at radius 1 is 1.10 bits per heavy atom. The number of aromatic hydroxyl groups is 1. The van der Waals surface area contributed by atoms with Crippen molar-refractivity contribution in [2.75, 3.05) is 12.0 Å². The van der Waals surface area contributed by atoms with Gasteiger partial charge in [0, 0.05) is 16.8 Å². The van der Waals surface area contributed by atoms with Crippen molar-refractivity contribution in [1.82, 2.24) is 20.3 Å². The molecule has 0 aliphatic heterocycles. The summed E-state index contributed by atoms with van der Waals surface area (Å²) < 4.78 is 6.73. The van der Waals surface area contributed by atoms with Crippen molar-refractivity contribution in [1.29, 1.82) is 0 Å². The summed E-state index contributed by atoms with van der Waals surface area (Å²) in [7, 11) is 1.45. The molecule has 10 heteroatoms. The van der Waals surface area contributed by atoms with Crippen molar-refractivity contribution in [3.05, 3.63) is 77.3 Å². The summed E-state index contributed by atoms with van der Waals surface area (Å²) in [6.07, 6.45) is 4.98. The van der Waals surface area contributed by atoms with Crippen molar-refractivity contribution >= 4 is 40.1 Å². The van der Waals surface area contributed by atoms with Crippen LogP contribution in [-0.2, 0) is 16.1 Å². The molecule has 5 rings (SSSR count). The Balaban J connectivity index is 1.58. The molecule has 1 heterocycles. The van der Waals surface area contributed by atoms with Crippen LogP contribution in [-0.4, -0.2) is 45.1 Å². The number of halogens is 1. The number of rotatable bonds is 8. The lowest BCUT2D eigenvalue weighted by Crippen LogP contribution is -2.48. The number of hydrogen-bond donors (Lipinski definition) is 2. The molecule has 2 amide bonds. The zero-order chi connectivity index (χ0) is 27.4. The first-order chi connectivity index (χ1) is 18.9. The second-order valence-electron chi connectivity index (χ2n) is 9.65. The molecule has 3 aromatic carbocycles. The van der Waals surface area contributed by atoms with E-state index in [1.54, 1.807) is 36.4 Å². The minimum Gasteiger partial charge on any atom is -0.504 e. The number of carbonyl (C=O) groups excluding carboxylic acids is 2. The van der Waals surface area contributed by atoms with Gasteiger partial charge in [0.2, 0.25) is 11.8 Å². The second-order valence-corrected chi connectivity index (χ2v) is 10.1. The summed E-state index contributed by atoms with van der Waals surface area (Å²) in [4.78, 5) is 29.5. The number of benzene rings is 3. The standard InChI is InChI=1S/C29H30ClN5O4/c1-39-26-16-11-19(17-25(26)36)28(29(38)31-21-7-3-2-4-8-21)35(22-14-12-20(30)13-15-22)27(37)18-34-24-10-6-5-9-23(24)32-33-34/h5-6,9-17,21,28,36H,2-4,7-8,18H2,1H3,(H,31,38)/t28-/m1/s1. The third kappa shape index (κ3) is 5.83. The molecule has 39 heavy (non-hydrogen) atoms. The molecule has 1 aromatic heterocycles. The van der Waals surface area contributed by atoms with Crippen LogP contribution in [0.4, 0.5) is 5.69 Å². The highest BCUT2D eigenvalue weighted by Crippen LogP contribution is 2.35. The van der Waals surface area contributed by atoms with E-state index in [0.717, 1.165) is 32.1 Å². The summed E-state index contributed by atoms with van der Waals surface area (Å²) in [5, 5.41) is 22.6. The Kier molecular flexibility index (Phi) is 7.97. The van der Waals surface area contributed by atoms with Crippen molar-refractivity contribution < 1.29 is 19.4 Å². The monoisotopic (exact) mass is 547 g/mol. The van der Waals surface area contributed by atoms with E-state index in [2.05, 4.69) is 15.6 Å². The molecule has 0 spiro atoms. The fraction of sp³-hybridized carbons (Fsp3) is 0.310. The Morgan fingerprint density at radius 3 is 2.56 bits per heavy atom. The number of phenols is 1. The van der Waals surface area contributed by atoms with Gasteiger partial charge in [-0.3, -0.25) is 14.5 Å². The maximum atomic E-state index is 14.1. The van der Waals surface area contributed by atoms with Crippen LogP contribution in [0.5, 0.6) is 11.5 Å². The number of amides is 2. The minimum absolute atomic E-state index is 0.0158. The predicted molar refractivity (Wildman–Crippen MR) is 149 cm³/mol. The van der Waals surface area contributed by atoms with Gasteiger partial charge in [0.25, 0.3) is 0 Å². The van der Waals surface area contributed by atoms with Crippen LogP contribution in [0.2, 0.25) is 5.02 Å². The number of ether oxygens (including phenoxy) is 1. The van der Waals surface area contributed by atoms with Crippen molar-refractivity contribution in [3.63, 3.8) is 0 Å². The SMILES string of the molecule is COc1ccc([C@H](C(=O)NC2CCCCC2)N(C(=O)Cn2nnc3ccccc32)c2ccc(Cl)cc2)cc1O. The Hall–Kier alpha value is -4.11. The maximum absolute atomic E-state index is 14.1. The van der Waals surface area contributed by atoms with Crippen LogP contribution >= 0.6 is 11.6 Å². The van der Waals surface area contributed by atoms with Crippen LogP contribution in [0, 0.1) is 0 Å². The number of para-hydroxylation sites is 1. The zero-order valence-electron chi connectivity index (χ0n) is 21.6. The average Bonchev–Trinajstić information content (AvgIpc) is 3.35. The molecule has 1 aliphatic carbocycles. The number of aromatic nitrogens is 3. The molecule has 9 nitrogen and oxygen atoms in total. The second kappa shape index (κ2) is 11.7. The lowest BCUT2D eigenvalue weighted by Gasteiger charge is -2.33. The van der Waals surface area contributed by atoms with Crippen molar-refractivity contribution in [2.45, 2.75) is 50.7 Å². The molecular weight excluding hydrogens is 518 g/mol. The van der Waals surface area contributed by atoms with Gasteiger partial charge in [-0.15, -0.1) is 5.10 Å². The number of methoxy groups -OCH3 is 1. The van der Waals surface area contributed by atoms with Gasteiger partial charge in [0.1, 0.15) is 18.1 Å². The molecule has 2 N–H and O–H groups in total. The third-order valence-corrected chi connectivity index (χ3v) is 7.31. The van der Waals surface area contributed by atoms with Crippen LogP contribution in [0.25, 0.3) is 11.0 Å². The lowest BCUT2D eigenvalue weighted by atomic mass is 9.94. The fourth-order valence-corrected chi connectivity index (χ4v) is 5.23. The number of carbonyl (C=O) groups is 2. The Morgan fingerprint density at radius 2 is 1.85 bits per heavy atom. The molecular formula is C29H30ClN5O4. The van der Waals surface area contributed by atoms with E-state index in [4.69, 9.17) is 16.3 Å². The van der Waals surface area contributed by atoms with Crippen molar-refractivity contribution in [2.24, 2.45) is 0 Å². The van der Waals surface area contributed by atoms with Crippen molar-refractivity contribution in [3.8, 4) is 11.5 Å². The van der Waals surface area contributed by atoms with Gasteiger partial charge in [-0.05, 0) is 66.9 Å². The summed E-state index contributed by atoms with van der Waals surface area (Å²) in [6, 6.07) is 17.8. The molecule has 1 saturated carbocycles. The van der Waals surface area contributed by atoms with E-state index in [-0.39, 0.29) is 35.9 Å². The number of fused-ring (bicyclic) bond motifs is 1. The van der Waals surface area contributed by atoms with E-state index in [1.165, 1.54) is 22.8 Å². The third-order valence-electron chi connectivity index (χ3n) is 7.06. The van der Waals surface area contributed by atoms with Gasteiger partial charge < -0.3 is 15.2 Å². The van der Waals surface area contributed by atoms with Crippen LogP contribution in [0.3, 0.4) is 0 Å². The summed E-state index contributed by atoms with van der Waals surface area (Å²) in [5.74, 6) is -0.579. The zero-order valence-corrected chi connectivity index (χ0v) is 22.3. The van der Waals surface area contributed by atoms with Gasteiger partial charge in [-0.25, -0.2) is 4.68 Å². The van der Waals surface area contributed by atoms with Crippen LogP contribution in [0.15, 0.2) is 66.7 Å². The van der Waals surface area contributed by atoms with Gasteiger partial charge in [-0.1, -0.05) is 54.3 Å². The molecule has 0 unspecified atom stereocenters. The first kappa shape index (κ1) is 26.5. The number of phenolic OH excluding ortho intramolecular Hbond substituents is 1. The van der Waals surface area contributed by atoms with E-state index in [1.807, 2.05) is 24.3 Å². The number of hydrogen-bond acceptors (Lipinski definition) is 6. The lowest BCUT2D eigenvalue weighted by molar-refractivity contribution is -0.127. The smallest absolute Gasteiger partial charge is 0.249 e. The summed E-state index contributed by atoms with van der Waals surface area (Å²) in [6.45, 7) is -0.154. The van der Waals surface area contributed by atoms with Crippen LogP contribution in [0.1, 0.15) is 43.7 Å². The number of anilines is 1. The largest absolute Gasteiger partial charge is 0.504 e. The van der Waals surface area contributed by atoms with Gasteiger partial charge in [0.05, 0.1) is 12.6 Å². The van der Waals surface area contributed by atoms with Crippen LogP contribution < -0.4 is 15.0 Å². The number of nitrogens with one attached hydrogen (secondary N) is 1. The molecule has 1 fully saturated rings. The topological polar surface area (TPSA) is 110 Å². The van der Waals surface area contributed by atoms with E-state index in [9.17, 15) is 14.7 Å². The van der Waals surface area contributed by atoms with Gasteiger partial charge >= 0.3 is 0 Å². The quantitative estimate of drug-likeness (QED) is 0.320. The van der Waals surface area contributed by atoms with Gasteiger partial charge in [0.15, 0.2) is 11.5 Å². The molecule has 4 aromatic rings. The molecule has 1 atom stereocenters. The normalized spacial score (nSPS) is 14.6. The highest BCUT2D eigenvalue weighted by molar-refractivity contribution is 6.30. The average molecular weight is 548 g/mol. The molecule has 202 valence electrons.